The number of hydrogen-bond acceptors (Lipinski definition) is 2. The summed E-state index contributed by atoms with van der Waals surface area (Å²) in [5, 5.41) is 0. The van der Waals surface area contributed by atoms with Gasteiger partial charge in [0, 0.05) is 22.2 Å². The van der Waals surface area contributed by atoms with Gasteiger partial charge in [0.05, 0.1) is 27.8 Å². The fourth-order valence-electron chi connectivity index (χ4n) is 6.41. The predicted octanol–water partition coefficient (Wildman–Crippen LogP) is 10.5. The van der Waals surface area contributed by atoms with Gasteiger partial charge < -0.3 is 9.31 Å². The lowest BCUT2D eigenvalue weighted by Crippen LogP contribution is -2.51. The highest BCUT2D eigenvalue weighted by atomic mass is 19.3. The zero-order valence-electron chi connectivity index (χ0n) is 25.6. The van der Waals surface area contributed by atoms with Gasteiger partial charge in [-0.3, -0.25) is 0 Å². The van der Waals surface area contributed by atoms with Crippen LogP contribution in [0.2, 0.25) is 0 Å². The predicted molar refractivity (Wildman–Crippen MR) is 139 cm³/mol. The van der Waals surface area contributed by atoms with Crippen molar-refractivity contribution in [1.29, 1.82) is 0 Å². The molecular weight excluding hydrogens is 852 g/mol. The Kier molecular flexibility index (Phi) is 8.50. The second kappa shape index (κ2) is 12.1. The maximum Gasteiger partial charge on any atom is 0.503 e. The molecule has 0 spiro atoms. The number of fused-ring (bicyclic) bond motifs is 5. The molecule has 0 amide bonds. The Hall–Kier alpha value is -5.27. The third kappa shape index (κ3) is 4.66. The largest absolute Gasteiger partial charge is 0.503 e. The van der Waals surface area contributed by atoms with Gasteiger partial charge in [0.2, 0.25) is 11.7 Å². The van der Waals surface area contributed by atoms with Crippen molar-refractivity contribution >= 4 is 24.2 Å². The summed E-state index contributed by atoms with van der Waals surface area (Å²) in [5.74, 6) is -79.7. The van der Waals surface area contributed by atoms with Crippen LogP contribution in [0.4, 0.5) is 101 Å². The Labute approximate surface area is 296 Å². The summed E-state index contributed by atoms with van der Waals surface area (Å²) in [4.78, 5) is 0. The van der Waals surface area contributed by atoms with E-state index in [-0.39, 0.29) is 0 Å². The summed E-state index contributed by atoms with van der Waals surface area (Å²) in [6.45, 7) is 0. The molecule has 0 fully saturated rings. The fourth-order valence-corrected chi connectivity index (χ4v) is 6.41. The van der Waals surface area contributed by atoms with Crippen LogP contribution in [0.3, 0.4) is 0 Å². The molecule has 3 aliphatic rings. The summed E-state index contributed by atoms with van der Waals surface area (Å²) in [5.41, 5.74) is -26.2. The summed E-state index contributed by atoms with van der Waals surface area (Å²) < 4.78 is 354. The minimum atomic E-state index is -6.02. The first-order valence-corrected chi connectivity index (χ1v) is 14.3. The Bertz CT molecular complexity index is 2550. The lowest BCUT2D eigenvalue weighted by Gasteiger charge is -2.32. The van der Waals surface area contributed by atoms with Gasteiger partial charge in [0.1, 0.15) is 0 Å². The lowest BCUT2D eigenvalue weighted by atomic mass is 9.71. The van der Waals surface area contributed by atoms with E-state index in [4.69, 9.17) is 0 Å². The van der Waals surface area contributed by atoms with Crippen molar-refractivity contribution < 1.29 is 110 Å². The molecule has 2 nitrogen and oxygen atoms in total. The van der Waals surface area contributed by atoms with Crippen LogP contribution in [0.25, 0.3) is 22.8 Å². The van der Waals surface area contributed by atoms with E-state index in [0.717, 1.165) is 0 Å². The van der Waals surface area contributed by atoms with Gasteiger partial charge in [0.25, 0.3) is 11.7 Å². The zero-order chi connectivity index (χ0) is 42.7. The first kappa shape index (κ1) is 40.0. The average molecular weight is 852 g/mol. The molecule has 26 heteroatoms. The zero-order valence-corrected chi connectivity index (χ0v) is 25.6. The van der Waals surface area contributed by atoms with E-state index in [1.807, 2.05) is 0 Å². The second-order valence-corrected chi connectivity index (χ2v) is 11.7. The lowest BCUT2D eigenvalue weighted by molar-refractivity contribution is -0.113. The first-order chi connectivity index (χ1) is 26.2. The maximum atomic E-state index is 16.6. The van der Waals surface area contributed by atoms with Gasteiger partial charge in [-0.25, -0.2) is 83.4 Å². The molecule has 0 heterocycles. The highest BCUT2D eigenvalue weighted by Crippen LogP contribution is 2.58. The van der Waals surface area contributed by atoms with Crippen molar-refractivity contribution in [2.45, 2.75) is 17.6 Å². The number of rotatable bonds is 5. The molecule has 57 heavy (non-hydrogen) atoms. The van der Waals surface area contributed by atoms with Crippen molar-refractivity contribution in [1.82, 2.24) is 0 Å². The second-order valence-electron chi connectivity index (χ2n) is 11.7. The van der Waals surface area contributed by atoms with Gasteiger partial charge in [-0.05, 0) is 0 Å². The SMILES string of the molecule is FC1=C(F)C(F)(OB(OC2(F)C(F)=C(F)c3c(F)c(F)c(F)c(F)c32)c2c(F)c(F)c(F)c3c2C(F)(F)c2c(F)c(F)c(F)c(F)c2-3)c2c(F)c(F)c(F)c(F)c21. The van der Waals surface area contributed by atoms with E-state index in [1.54, 1.807) is 0 Å². The molecule has 7 rings (SSSR count). The molecular formula is C31BF23O2. The number of hydrogen-bond donors (Lipinski definition) is 0. The molecule has 0 aliphatic heterocycles. The minimum Gasteiger partial charge on any atom is -0.366 e. The summed E-state index contributed by atoms with van der Waals surface area (Å²) in [6.07, 6.45) is 0. The molecule has 0 bridgehead atoms. The molecule has 0 aromatic heterocycles. The maximum absolute atomic E-state index is 16.6. The highest BCUT2D eigenvalue weighted by Gasteiger charge is 2.64. The molecule has 4 aromatic rings. The van der Waals surface area contributed by atoms with Crippen LogP contribution < -0.4 is 5.46 Å². The first-order valence-electron chi connectivity index (χ1n) is 14.3. The van der Waals surface area contributed by atoms with E-state index in [2.05, 4.69) is 9.31 Å². The van der Waals surface area contributed by atoms with E-state index >= 15 is 39.5 Å². The molecule has 2 unspecified atom stereocenters. The van der Waals surface area contributed by atoms with Crippen LogP contribution in [0, 0.1) is 87.3 Å². The molecule has 2 atom stereocenters. The molecule has 300 valence electrons. The Morgan fingerprint density at radius 1 is 0.298 bits per heavy atom. The van der Waals surface area contributed by atoms with Crippen molar-refractivity contribution in [2.75, 3.05) is 0 Å². The van der Waals surface area contributed by atoms with E-state index in [0.29, 0.717) is 0 Å². The quantitative estimate of drug-likeness (QED) is 0.0862. The summed E-state index contributed by atoms with van der Waals surface area (Å²) in [6, 6.07) is 0. The molecule has 4 aromatic carbocycles. The molecule has 0 saturated carbocycles. The van der Waals surface area contributed by atoms with Crippen LogP contribution in [-0.4, -0.2) is 7.12 Å². The van der Waals surface area contributed by atoms with E-state index in [9.17, 15) is 61.5 Å². The van der Waals surface area contributed by atoms with Crippen LogP contribution in [0.5, 0.6) is 0 Å². The normalized spacial score (nSPS) is 20.5. The van der Waals surface area contributed by atoms with E-state index in [1.165, 1.54) is 0 Å². The van der Waals surface area contributed by atoms with Crippen molar-refractivity contribution in [2.24, 2.45) is 0 Å². The summed E-state index contributed by atoms with van der Waals surface area (Å²) in [7, 11) is -4.95. The topological polar surface area (TPSA) is 18.5 Å². The molecule has 0 radical (unpaired) electrons. The molecule has 0 saturated heterocycles. The van der Waals surface area contributed by atoms with Crippen LogP contribution in [-0.2, 0) is 26.9 Å². The molecule has 3 aliphatic carbocycles. The number of halogens is 23. The standard InChI is InChI=1S/C31BF23O2/c33-10-1-2-6(16(39)24(47)21(44)11(2)34)29(52,53)5(1)9(19(42)20(10)43)32(56-30(54)7-3(14(37)27(30)50)12(35)22(45)25(48)17(7)40)57-31(55)8-4(15(38)28(31)51)13(36)23(46)26(49)18(8)41. The third-order valence-corrected chi connectivity index (χ3v) is 8.85. The third-order valence-electron chi connectivity index (χ3n) is 8.85. The Morgan fingerprint density at radius 2 is 0.579 bits per heavy atom. The van der Waals surface area contributed by atoms with Gasteiger partial charge in [-0.1, -0.05) is 0 Å². The fraction of sp³-hybridized carbons (Fsp3) is 0.0968. The van der Waals surface area contributed by atoms with Crippen LogP contribution in [0.15, 0.2) is 11.7 Å². The van der Waals surface area contributed by atoms with Gasteiger partial charge in [-0.2, -0.15) is 17.6 Å². The number of alkyl halides is 4. The van der Waals surface area contributed by atoms with Crippen molar-refractivity contribution in [3.8, 4) is 11.1 Å². The van der Waals surface area contributed by atoms with E-state index < -0.39 is 185 Å². The van der Waals surface area contributed by atoms with Gasteiger partial charge >= 0.3 is 13.0 Å². The Morgan fingerprint density at radius 3 is 0.947 bits per heavy atom. The van der Waals surface area contributed by atoms with Crippen molar-refractivity contribution in [3.05, 3.63) is 132 Å². The minimum absolute atomic E-state index is 2.63. The van der Waals surface area contributed by atoms with Crippen molar-refractivity contribution in [3.63, 3.8) is 0 Å². The monoisotopic (exact) mass is 852 g/mol. The van der Waals surface area contributed by atoms with Crippen LogP contribution in [0.1, 0.15) is 33.4 Å². The Balaban J connectivity index is 1.61. The smallest absolute Gasteiger partial charge is 0.366 e. The van der Waals surface area contributed by atoms with Gasteiger partial charge in [0.15, 0.2) is 98.9 Å². The number of benzene rings is 4. The van der Waals surface area contributed by atoms with Gasteiger partial charge in [-0.15, -0.1) is 0 Å². The molecule has 0 N–H and O–H groups in total. The highest BCUT2D eigenvalue weighted by molar-refractivity contribution is 6.62. The average Bonchev–Trinajstić information content (AvgIpc) is 3.60. The van der Waals surface area contributed by atoms with Crippen LogP contribution >= 0.6 is 0 Å². The summed E-state index contributed by atoms with van der Waals surface area (Å²) >= 11 is 0.